The maximum absolute atomic E-state index is 12.9. The molecule has 0 aliphatic rings. The largest absolute Gasteiger partial charge is 0.299 e. The Balaban J connectivity index is 1.94. The van der Waals surface area contributed by atoms with Crippen LogP contribution in [0.2, 0.25) is 0 Å². The van der Waals surface area contributed by atoms with E-state index in [1.54, 1.807) is 0 Å². The van der Waals surface area contributed by atoms with Crippen LogP contribution in [0.4, 0.5) is 0 Å². The highest BCUT2D eigenvalue weighted by molar-refractivity contribution is 5.87. The summed E-state index contributed by atoms with van der Waals surface area (Å²) in [4.78, 5) is 12.9. The lowest BCUT2D eigenvalue weighted by Crippen LogP contribution is -2.15. The van der Waals surface area contributed by atoms with Crippen molar-refractivity contribution in [1.29, 1.82) is 0 Å². The number of Topliss-reactive ketones (excluding diaryl/α,β-unsaturated/α-hetero) is 1. The molecule has 128 valence electrons. The van der Waals surface area contributed by atoms with Crippen molar-refractivity contribution in [1.82, 2.24) is 0 Å². The molecule has 2 rings (SSSR count). The molecule has 0 fully saturated rings. The summed E-state index contributed by atoms with van der Waals surface area (Å²) in [6, 6.07) is 20.4. The van der Waals surface area contributed by atoms with Crippen LogP contribution in [-0.2, 0) is 11.2 Å². The fraction of sp³-hybridized carbons (Fsp3) is 0.435. The van der Waals surface area contributed by atoms with Crippen molar-refractivity contribution in [2.24, 2.45) is 0 Å². The Morgan fingerprint density at radius 1 is 0.792 bits per heavy atom. The Labute approximate surface area is 147 Å². The molecule has 1 nitrogen and oxygen atoms in total. The Hall–Kier alpha value is -1.89. The number of benzene rings is 2. The van der Waals surface area contributed by atoms with Gasteiger partial charge in [0.05, 0.1) is 0 Å². The molecule has 0 saturated carbocycles. The van der Waals surface area contributed by atoms with Crippen molar-refractivity contribution in [3.05, 3.63) is 71.8 Å². The molecule has 0 saturated heterocycles. The second-order valence-corrected chi connectivity index (χ2v) is 6.65. The van der Waals surface area contributed by atoms with Crippen LogP contribution in [-0.4, -0.2) is 5.78 Å². The molecule has 0 N–H and O–H groups in total. The van der Waals surface area contributed by atoms with E-state index in [4.69, 9.17) is 0 Å². The van der Waals surface area contributed by atoms with E-state index >= 15 is 0 Å². The number of hydrogen-bond acceptors (Lipinski definition) is 1. The van der Waals surface area contributed by atoms with Crippen molar-refractivity contribution in [3.8, 4) is 0 Å². The van der Waals surface area contributed by atoms with Gasteiger partial charge >= 0.3 is 0 Å². The summed E-state index contributed by atoms with van der Waals surface area (Å²) in [6.07, 6.45) is 9.12. The zero-order valence-electron chi connectivity index (χ0n) is 14.9. The molecule has 0 amide bonds. The molecule has 24 heavy (non-hydrogen) atoms. The van der Waals surface area contributed by atoms with Gasteiger partial charge in [0.1, 0.15) is 5.78 Å². The quantitative estimate of drug-likeness (QED) is 0.442. The SMILES string of the molecule is CCCCCCCCC(C(=O)Cc1ccccc1)c1ccccc1. The summed E-state index contributed by atoms with van der Waals surface area (Å²) in [6.45, 7) is 2.24. The summed E-state index contributed by atoms with van der Waals surface area (Å²) in [5.41, 5.74) is 2.29. The maximum Gasteiger partial charge on any atom is 0.144 e. The second kappa shape index (κ2) is 10.8. The van der Waals surface area contributed by atoms with Gasteiger partial charge in [-0.3, -0.25) is 4.79 Å². The summed E-state index contributed by atoms with van der Waals surface area (Å²) >= 11 is 0. The first kappa shape index (κ1) is 18.4. The minimum Gasteiger partial charge on any atom is -0.299 e. The molecular formula is C23H30O. The molecule has 0 aliphatic heterocycles. The minimum absolute atomic E-state index is 0.0394. The van der Waals surface area contributed by atoms with Crippen LogP contribution < -0.4 is 0 Å². The van der Waals surface area contributed by atoms with Crippen LogP contribution in [0.1, 0.15) is 68.9 Å². The molecule has 0 radical (unpaired) electrons. The summed E-state index contributed by atoms with van der Waals surface area (Å²) in [5, 5.41) is 0. The molecule has 0 aromatic heterocycles. The van der Waals surface area contributed by atoms with E-state index in [1.165, 1.54) is 37.7 Å². The molecule has 0 heterocycles. The highest BCUT2D eigenvalue weighted by Crippen LogP contribution is 2.25. The van der Waals surface area contributed by atoms with Crippen molar-refractivity contribution >= 4 is 5.78 Å². The molecule has 0 spiro atoms. The molecule has 0 aliphatic carbocycles. The summed E-state index contributed by atoms with van der Waals surface area (Å²) in [5.74, 6) is 0.388. The average Bonchev–Trinajstić information content (AvgIpc) is 2.62. The zero-order valence-corrected chi connectivity index (χ0v) is 14.9. The number of carbonyl (C=O) groups excluding carboxylic acids is 1. The van der Waals surface area contributed by atoms with Gasteiger partial charge in [-0.1, -0.05) is 106 Å². The van der Waals surface area contributed by atoms with Gasteiger partial charge in [-0.05, 0) is 17.5 Å². The third-order valence-electron chi connectivity index (χ3n) is 4.66. The Morgan fingerprint density at radius 2 is 1.38 bits per heavy atom. The topological polar surface area (TPSA) is 17.1 Å². The predicted molar refractivity (Wildman–Crippen MR) is 102 cm³/mol. The van der Waals surface area contributed by atoms with E-state index < -0.39 is 0 Å². The fourth-order valence-electron chi connectivity index (χ4n) is 3.25. The monoisotopic (exact) mass is 322 g/mol. The van der Waals surface area contributed by atoms with Crippen LogP contribution in [0, 0.1) is 0 Å². The Kier molecular flexibility index (Phi) is 8.31. The number of carbonyl (C=O) groups is 1. The van der Waals surface area contributed by atoms with Crippen LogP contribution in [0.15, 0.2) is 60.7 Å². The average molecular weight is 322 g/mol. The number of rotatable bonds is 11. The first-order valence-corrected chi connectivity index (χ1v) is 9.43. The molecule has 2 aromatic carbocycles. The normalized spacial score (nSPS) is 12.0. The number of unbranched alkanes of at least 4 members (excludes halogenated alkanes) is 5. The standard InChI is InChI=1S/C23H30O/c1-2-3-4-5-6-13-18-22(21-16-11-8-12-17-21)23(24)19-20-14-9-7-10-15-20/h7-12,14-17,22H,2-6,13,18-19H2,1H3. The van der Waals surface area contributed by atoms with Gasteiger partial charge in [0.15, 0.2) is 0 Å². The molecule has 2 aromatic rings. The smallest absolute Gasteiger partial charge is 0.144 e. The first-order valence-electron chi connectivity index (χ1n) is 9.43. The van der Waals surface area contributed by atoms with E-state index in [0.29, 0.717) is 12.2 Å². The molecule has 1 unspecified atom stereocenters. The third kappa shape index (κ3) is 6.31. The van der Waals surface area contributed by atoms with Gasteiger partial charge in [0.2, 0.25) is 0 Å². The fourth-order valence-corrected chi connectivity index (χ4v) is 3.25. The lowest BCUT2D eigenvalue weighted by atomic mass is 9.86. The second-order valence-electron chi connectivity index (χ2n) is 6.65. The Morgan fingerprint density at radius 3 is 2.04 bits per heavy atom. The van der Waals surface area contributed by atoms with Crippen molar-refractivity contribution in [2.45, 2.75) is 64.2 Å². The van der Waals surface area contributed by atoms with E-state index in [2.05, 4.69) is 19.1 Å². The molecular weight excluding hydrogens is 292 g/mol. The van der Waals surface area contributed by atoms with Gasteiger partial charge in [-0.25, -0.2) is 0 Å². The van der Waals surface area contributed by atoms with Crippen molar-refractivity contribution in [3.63, 3.8) is 0 Å². The number of ketones is 1. The maximum atomic E-state index is 12.9. The van der Waals surface area contributed by atoms with E-state index in [1.807, 2.05) is 48.5 Å². The first-order chi connectivity index (χ1) is 11.8. The lowest BCUT2D eigenvalue weighted by molar-refractivity contribution is -0.120. The lowest BCUT2D eigenvalue weighted by Gasteiger charge is -2.16. The highest BCUT2D eigenvalue weighted by atomic mass is 16.1. The van der Waals surface area contributed by atoms with Crippen LogP contribution in [0.25, 0.3) is 0 Å². The van der Waals surface area contributed by atoms with Gasteiger partial charge in [0.25, 0.3) is 0 Å². The van der Waals surface area contributed by atoms with Crippen molar-refractivity contribution < 1.29 is 4.79 Å². The summed E-state index contributed by atoms with van der Waals surface area (Å²) in [7, 11) is 0. The minimum atomic E-state index is 0.0394. The third-order valence-corrected chi connectivity index (χ3v) is 4.66. The van der Waals surface area contributed by atoms with Crippen LogP contribution in [0.3, 0.4) is 0 Å². The van der Waals surface area contributed by atoms with Crippen LogP contribution >= 0.6 is 0 Å². The molecule has 0 bridgehead atoms. The molecule has 1 heteroatoms. The van der Waals surface area contributed by atoms with E-state index in [-0.39, 0.29) is 5.92 Å². The zero-order chi connectivity index (χ0) is 17.0. The Bertz CT molecular complexity index is 573. The van der Waals surface area contributed by atoms with Gasteiger partial charge in [-0.2, -0.15) is 0 Å². The summed E-state index contributed by atoms with van der Waals surface area (Å²) < 4.78 is 0. The van der Waals surface area contributed by atoms with Gasteiger partial charge < -0.3 is 0 Å². The van der Waals surface area contributed by atoms with Gasteiger partial charge in [0, 0.05) is 12.3 Å². The molecule has 1 atom stereocenters. The van der Waals surface area contributed by atoms with Crippen molar-refractivity contribution in [2.75, 3.05) is 0 Å². The van der Waals surface area contributed by atoms with Gasteiger partial charge in [-0.15, -0.1) is 0 Å². The predicted octanol–water partition coefficient (Wildman–Crippen LogP) is 6.33. The number of hydrogen-bond donors (Lipinski definition) is 0. The van der Waals surface area contributed by atoms with Crippen LogP contribution in [0.5, 0.6) is 0 Å². The van der Waals surface area contributed by atoms with E-state index in [0.717, 1.165) is 18.4 Å². The van der Waals surface area contributed by atoms with E-state index in [9.17, 15) is 4.79 Å². The highest BCUT2D eigenvalue weighted by Gasteiger charge is 2.20.